The minimum atomic E-state index is -1.08. The van der Waals surface area contributed by atoms with Gasteiger partial charge in [-0.15, -0.1) is 0 Å². The molecule has 0 fully saturated rings. The van der Waals surface area contributed by atoms with E-state index in [-0.39, 0.29) is 35.0 Å². The van der Waals surface area contributed by atoms with Crippen LogP contribution in [0.4, 0.5) is 0 Å². The number of aliphatic carboxylic acids is 1. The summed E-state index contributed by atoms with van der Waals surface area (Å²) in [7, 11) is 0. The molecule has 2 aromatic carbocycles. The number of thiol groups is 1. The van der Waals surface area contributed by atoms with Crippen molar-refractivity contribution in [2.45, 2.75) is 16.7 Å². The van der Waals surface area contributed by atoms with Crippen LogP contribution >= 0.6 is 0 Å². The molecule has 0 aliphatic rings. The Morgan fingerprint density at radius 3 is 1.42 bits per heavy atom. The molecule has 0 saturated heterocycles. The topological polar surface area (TPSA) is 70.1 Å². The molecule has 0 atom stereocenters. The van der Waals surface area contributed by atoms with Gasteiger partial charge in [-0.2, -0.15) is 0 Å². The molecule has 0 heterocycles. The largest absolute Gasteiger partial charge is 1.00 e. The van der Waals surface area contributed by atoms with E-state index in [1.54, 1.807) is 0 Å². The van der Waals surface area contributed by atoms with E-state index in [1.165, 1.54) is 21.6 Å². The zero-order valence-corrected chi connectivity index (χ0v) is 13.9. The zero-order valence-electron chi connectivity index (χ0n) is 11.0. The van der Waals surface area contributed by atoms with Gasteiger partial charge in [0.1, 0.15) is 0 Å². The molecule has 0 aliphatic heterocycles. The first kappa shape index (κ1) is 20.5. The molecule has 96 valence electrons. The van der Waals surface area contributed by atoms with Crippen molar-refractivity contribution in [2.24, 2.45) is 0 Å². The SMILES string of the molecule is CC(=O)[O-].[Na+].[OH-].c1ccc([SH+]c2ccccc2)cc1. The Morgan fingerprint density at radius 2 is 1.16 bits per heavy atom. The fraction of sp³-hybridized carbons (Fsp3) is 0.0714. The van der Waals surface area contributed by atoms with Gasteiger partial charge in [0.15, 0.2) is 9.79 Å². The third-order valence-corrected chi connectivity index (χ3v) is 2.88. The number of carboxylic acids is 1. The second-order valence-electron chi connectivity index (χ2n) is 3.27. The predicted molar refractivity (Wildman–Crippen MR) is 70.8 cm³/mol. The summed E-state index contributed by atoms with van der Waals surface area (Å²) in [6, 6.07) is 21.0. The summed E-state index contributed by atoms with van der Waals surface area (Å²) in [5.41, 5.74) is 0. The van der Waals surface area contributed by atoms with Crippen LogP contribution < -0.4 is 34.7 Å². The molecule has 5 heteroatoms. The van der Waals surface area contributed by atoms with Gasteiger partial charge in [-0.3, -0.25) is 0 Å². The van der Waals surface area contributed by atoms with Crippen molar-refractivity contribution >= 4 is 17.7 Å². The second kappa shape index (κ2) is 12.3. The summed E-state index contributed by atoms with van der Waals surface area (Å²) in [6.45, 7) is 0.972. The summed E-state index contributed by atoms with van der Waals surface area (Å²) >= 11 is 1.28. The van der Waals surface area contributed by atoms with Crippen molar-refractivity contribution in [3.63, 3.8) is 0 Å². The fourth-order valence-corrected chi connectivity index (χ4v) is 2.09. The summed E-state index contributed by atoms with van der Waals surface area (Å²) in [4.78, 5) is 11.6. The van der Waals surface area contributed by atoms with Gasteiger partial charge in [-0.05, 0) is 31.2 Å². The van der Waals surface area contributed by atoms with Crippen LogP contribution in [0.5, 0.6) is 0 Å². The van der Waals surface area contributed by atoms with Crippen LogP contribution in [0.1, 0.15) is 6.92 Å². The fourth-order valence-electron chi connectivity index (χ4n) is 1.15. The third-order valence-electron chi connectivity index (χ3n) is 1.77. The van der Waals surface area contributed by atoms with Crippen molar-refractivity contribution in [3.8, 4) is 0 Å². The van der Waals surface area contributed by atoms with E-state index in [0.29, 0.717) is 0 Å². The van der Waals surface area contributed by atoms with Crippen LogP contribution in [0.2, 0.25) is 0 Å². The van der Waals surface area contributed by atoms with E-state index < -0.39 is 5.97 Å². The first-order valence-corrected chi connectivity index (χ1v) is 6.07. The van der Waals surface area contributed by atoms with Crippen LogP contribution in [0.15, 0.2) is 70.5 Å². The molecule has 1 N–H and O–H groups in total. The average molecular weight is 286 g/mol. The molecule has 2 rings (SSSR count). The summed E-state index contributed by atoms with van der Waals surface area (Å²) in [5, 5.41) is 8.89. The summed E-state index contributed by atoms with van der Waals surface area (Å²) in [6.07, 6.45) is 0. The van der Waals surface area contributed by atoms with E-state index in [9.17, 15) is 0 Å². The maximum absolute atomic E-state index is 8.89. The molecule has 0 unspecified atom stereocenters. The van der Waals surface area contributed by atoms with Gasteiger partial charge in [0.2, 0.25) is 0 Å². The standard InChI is InChI=1S/C12H10S.C2H4O2.Na.H2O/c1-3-7-11(8-4-1)13-12-9-5-2-6-10-12;1-2(3)4;;/h1-10H;1H3,(H,3,4);;1H2/q;;+1;/p-1. The van der Waals surface area contributed by atoms with Crippen molar-refractivity contribution in [1.82, 2.24) is 0 Å². The second-order valence-corrected chi connectivity index (χ2v) is 4.53. The normalized spacial score (nSPS) is 8.05. The van der Waals surface area contributed by atoms with E-state index in [0.717, 1.165) is 6.92 Å². The molecule has 0 bridgehead atoms. The quantitative estimate of drug-likeness (QED) is 0.383. The van der Waals surface area contributed by atoms with Crippen LogP contribution in [0.3, 0.4) is 0 Å². The van der Waals surface area contributed by atoms with Crippen molar-refractivity contribution < 1.29 is 44.9 Å². The van der Waals surface area contributed by atoms with E-state index in [4.69, 9.17) is 9.90 Å². The predicted octanol–water partition coefficient (Wildman–Crippen LogP) is -1.50. The van der Waals surface area contributed by atoms with Crippen LogP contribution in [-0.4, -0.2) is 11.4 Å². The smallest absolute Gasteiger partial charge is 0.870 e. The molecular weight excluding hydrogens is 271 g/mol. The maximum atomic E-state index is 8.89. The molecule has 0 radical (unpaired) electrons. The molecule has 0 spiro atoms. The van der Waals surface area contributed by atoms with Gasteiger partial charge in [0.05, 0.1) is 0 Å². The zero-order chi connectivity index (χ0) is 12.5. The average Bonchev–Trinajstić information content (AvgIpc) is 2.31. The van der Waals surface area contributed by atoms with E-state index in [2.05, 4.69) is 48.5 Å². The molecule has 19 heavy (non-hydrogen) atoms. The van der Waals surface area contributed by atoms with E-state index in [1.807, 2.05) is 12.1 Å². The number of carbonyl (C=O) groups is 1. The van der Waals surface area contributed by atoms with Crippen LogP contribution in [-0.2, 0) is 16.6 Å². The Morgan fingerprint density at radius 1 is 0.895 bits per heavy atom. The van der Waals surface area contributed by atoms with Gasteiger partial charge in [-0.1, -0.05) is 36.4 Å². The van der Waals surface area contributed by atoms with Gasteiger partial charge in [0.25, 0.3) is 0 Å². The van der Waals surface area contributed by atoms with Gasteiger partial charge >= 0.3 is 29.6 Å². The molecule has 2 aromatic rings. The minimum absolute atomic E-state index is 0. The Labute approximate surface area is 139 Å². The van der Waals surface area contributed by atoms with Gasteiger partial charge in [-0.25, -0.2) is 0 Å². The monoisotopic (exact) mass is 286 g/mol. The first-order chi connectivity index (χ1) is 8.18. The molecular formula is C14H15NaO3S. The number of carbonyl (C=O) groups excluding carboxylic acids is 1. The van der Waals surface area contributed by atoms with Crippen LogP contribution in [0, 0.1) is 0 Å². The molecule has 0 aliphatic carbocycles. The van der Waals surface area contributed by atoms with Gasteiger partial charge in [0, 0.05) is 17.7 Å². The Bertz CT molecular complexity index is 407. The minimum Gasteiger partial charge on any atom is -0.870 e. The van der Waals surface area contributed by atoms with Crippen molar-refractivity contribution in [3.05, 3.63) is 60.7 Å². The van der Waals surface area contributed by atoms with Crippen LogP contribution in [0.25, 0.3) is 0 Å². The van der Waals surface area contributed by atoms with Gasteiger partial charge < -0.3 is 15.4 Å². The number of benzene rings is 2. The Hall–Kier alpha value is -0.780. The molecule has 0 amide bonds. The number of rotatable bonds is 2. The number of hydrogen-bond donors (Lipinski definition) is 0. The third kappa shape index (κ3) is 10.8. The summed E-state index contributed by atoms with van der Waals surface area (Å²) in [5.74, 6) is -1.08. The van der Waals surface area contributed by atoms with Crippen molar-refractivity contribution in [1.29, 1.82) is 0 Å². The first-order valence-electron chi connectivity index (χ1n) is 5.18. The van der Waals surface area contributed by atoms with Crippen molar-refractivity contribution in [2.75, 3.05) is 0 Å². The number of hydrogen-bond acceptors (Lipinski definition) is 3. The summed E-state index contributed by atoms with van der Waals surface area (Å²) < 4.78 is 0. The number of carboxylic acid groups (broad SMARTS) is 1. The molecule has 0 saturated carbocycles. The Kier molecular flexibility index (Phi) is 13.3. The Balaban J connectivity index is 0. The van der Waals surface area contributed by atoms with E-state index >= 15 is 0 Å². The molecule has 3 nitrogen and oxygen atoms in total. The molecule has 0 aromatic heterocycles. The maximum Gasteiger partial charge on any atom is 1.00 e.